The van der Waals surface area contributed by atoms with Crippen LogP contribution in [0, 0.1) is 11.3 Å². The second-order valence-corrected chi connectivity index (χ2v) is 4.30. The molecule has 0 bridgehead atoms. The van der Waals surface area contributed by atoms with Gasteiger partial charge in [-0.1, -0.05) is 48.0 Å². The van der Waals surface area contributed by atoms with E-state index < -0.39 is 0 Å². The van der Waals surface area contributed by atoms with E-state index in [1.54, 1.807) is 12.1 Å². The van der Waals surface area contributed by atoms with Gasteiger partial charge in [-0.25, -0.2) is 0 Å². The van der Waals surface area contributed by atoms with Crippen LogP contribution in [-0.2, 0) is 0 Å². The first kappa shape index (κ1) is 12.5. The Morgan fingerprint density at radius 2 is 1.89 bits per heavy atom. The molecule has 0 aliphatic rings. The van der Waals surface area contributed by atoms with Crippen molar-refractivity contribution in [2.75, 3.05) is 6.61 Å². The summed E-state index contributed by atoms with van der Waals surface area (Å²) in [6.07, 6.45) is 0. The van der Waals surface area contributed by atoms with Crippen molar-refractivity contribution in [1.29, 1.82) is 5.26 Å². The quantitative estimate of drug-likeness (QED) is 0.829. The summed E-state index contributed by atoms with van der Waals surface area (Å²) < 4.78 is 5.59. The Kier molecular flexibility index (Phi) is 4.22. The van der Waals surface area contributed by atoms with Crippen LogP contribution in [0.4, 0.5) is 0 Å². The molecule has 1 unspecified atom stereocenters. The van der Waals surface area contributed by atoms with Crippen LogP contribution < -0.4 is 4.74 Å². The van der Waals surface area contributed by atoms with E-state index in [1.807, 2.05) is 42.5 Å². The molecule has 2 nitrogen and oxygen atoms in total. The zero-order chi connectivity index (χ0) is 12.8. The third-order valence-corrected chi connectivity index (χ3v) is 2.81. The minimum atomic E-state index is -0.273. The molecular weight excluding hydrogens is 246 g/mol. The maximum Gasteiger partial charge on any atom is 0.120 e. The van der Waals surface area contributed by atoms with Crippen molar-refractivity contribution in [1.82, 2.24) is 0 Å². The van der Waals surface area contributed by atoms with Crippen LogP contribution in [0.2, 0.25) is 5.02 Å². The highest BCUT2D eigenvalue weighted by Crippen LogP contribution is 2.20. The first-order chi connectivity index (χ1) is 8.79. The molecule has 2 aromatic carbocycles. The van der Waals surface area contributed by atoms with Gasteiger partial charge < -0.3 is 4.74 Å². The van der Waals surface area contributed by atoms with Gasteiger partial charge >= 0.3 is 0 Å². The van der Waals surface area contributed by atoms with E-state index in [2.05, 4.69) is 6.07 Å². The molecular formula is C15H12ClNO. The van der Waals surface area contributed by atoms with Crippen LogP contribution in [0.25, 0.3) is 0 Å². The molecule has 1 atom stereocenters. The second-order valence-electron chi connectivity index (χ2n) is 3.86. The summed E-state index contributed by atoms with van der Waals surface area (Å²) in [4.78, 5) is 0. The van der Waals surface area contributed by atoms with Crippen LogP contribution in [0.3, 0.4) is 0 Å². The molecule has 0 aliphatic carbocycles. The first-order valence-corrected chi connectivity index (χ1v) is 6.00. The number of ether oxygens (including phenoxy) is 1. The number of nitriles is 1. The number of hydrogen-bond acceptors (Lipinski definition) is 2. The van der Waals surface area contributed by atoms with Gasteiger partial charge in [-0.2, -0.15) is 5.26 Å². The topological polar surface area (TPSA) is 33.0 Å². The third-order valence-electron chi connectivity index (χ3n) is 2.57. The largest absolute Gasteiger partial charge is 0.492 e. The molecule has 0 fully saturated rings. The van der Waals surface area contributed by atoms with Gasteiger partial charge in [0.05, 0.1) is 6.07 Å². The van der Waals surface area contributed by atoms with E-state index in [9.17, 15) is 0 Å². The van der Waals surface area contributed by atoms with Crippen molar-refractivity contribution in [2.45, 2.75) is 5.92 Å². The van der Waals surface area contributed by atoms with Crippen molar-refractivity contribution >= 4 is 11.6 Å². The average Bonchev–Trinajstić information content (AvgIpc) is 2.41. The number of benzene rings is 2. The van der Waals surface area contributed by atoms with Gasteiger partial charge in [-0.05, 0) is 23.8 Å². The zero-order valence-electron chi connectivity index (χ0n) is 9.71. The summed E-state index contributed by atoms with van der Waals surface area (Å²) in [5.41, 5.74) is 0.960. The van der Waals surface area contributed by atoms with Gasteiger partial charge in [0.2, 0.25) is 0 Å². The number of rotatable bonds is 4. The van der Waals surface area contributed by atoms with Crippen LogP contribution in [0.5, 0.6) is 5.75 Å². The summed E-state index contributed by atoms with van der Waals surface area (Å²) in [5.74, 6) is 0.406. The standard InChI is InChI=1S/C15H12ClNO/c16-14-7-4-8-15(9-14)18-11-13(10-17)12-5-2-1-3-6-12/h1-9,13H,11H2. The van der Waals surface area contributed by atoms with Gasteiger partial charge in [0.1, 0.15) is 18.3 Å². The molecule has 2 rings (SSSR count). The van der Waals surface area contributed by atoms with Crippen molar-refractivity contribution in [3.63, 3.8) is 0 Å². The first-order valence-electron chi connectivity index (χ1n) is 5.62. The van der Waals surface area contributed by atoms with E-state index in [4.69, 9.17) is 21.6 Å². The van der Waals surface area contributed by atoms with Crippen molar-refractivity contribution in [3.05, 3.63) is 65.2 Å². The lowest BCUT2D eigenvalue weighted by Crippen LogP contribution is -2.08. The summed E-state index contributed by atoms with van der Waals surface area (Å²) in [6, 6.07) is 19.0. The molecule has 2 aromatic rings. The Hall–Kier alpha value is -1.98. The summed E-state index contributed by atoms with van der Waals surface area (Å²) >= 11 is 5.87. The molecule has 0 N–H and O–H groups in total. The fourth-order valence-electron chi connectivity index (χ4n) is 1.63. The predicted molar refractivity (Wildman–Crippen MR) is 71.7 cm³/mol. The highest BCUT2D eigenvalue weighted by atomic mass is 35.5. The fraction of sp³-hybridized carbons (Fsp3) is 0.133. The highest BCUT2D eigenvalue weighted by Gasteiger charge is 2.10. The minimum Gasteiger partial charge on any atom is -0.492 e. The Morgan fingerprint density at radius 3 is 2.56 bits per heavy atom. The smallest absolute Gasteiger partial charge is 0.120 e. The normalized spacial score (nSPS) is 11.6. The summed E-state index contributed by atoms with van der Waals surface area (Å²) in [7, 11) is 0. The molecule has 3 heteroatoms. The fourth-order valence-corrected chi connectivity index (χ4v) is 1.81. The molecule has 0 aromatic heterocycles. The van der Waals surface area contributed by atoms with Gasteiger partial charge in [0.15, 0.2) is 0 Å². The molecule has 0 aliphatic heterocycles. The Bertz CT molecular complexity index is 548. The lowest BCUT2D eigenvalue weighted by atomic mass is 10.0. The molecule has 0 saturated carbocycles. The number of halogens is 1. The van der Waals surface area contributed by atoms with E-state index in [0.717, 1.165) is 5.56 Å². The maximum absolute atomic E-state index is 9.16. The summed E-state index contributed by atoms with van der Waals surface area (Å²) in [5, 5.41) is 9.78. The minimum absolute atomic E-state index is 0.273. The van der Waals surface area contributed by atoms with E-state index >= 15 is 0 Å². The lowest BCUT2D eigenvalue weighted by Gasteiger charge is -2.11. The van der Waals surface area contributed by atoms with Crippen molar-refractivity contribution in [2.24, 2.45) is 0 Å². The van der Waals surface area contributed by atoms with Gasteiger partial charge in [-0.15, -0.1) is 0 Å². The Balaban J connectivity index is 2.03. The van der Waals surface area contributed by atoms with Crippen LogP contribution >= 0.6 is 11.6 Å². The van der Waals surface area contributed by atoms with Crippen LogP contribution in [0.15, 0.2) is 54.6 Å². The average molecular weight is 258 g/mol. The molecule has 90 valence electrons. The highest BCUT2D eigenvalue weighted by molar-refractivity contribution is 6.30. The van der Waals surface area contributed by atoms with Crippen molar-refractivity contribution in [3.8, 4) is 11.8 Å². The van der Waals surface area contributed by atoms with Crippen molar-refractivity contribution < 1.29 is 4.74 Å². The molecule has 0 spiro atoms. The second kappa shape index (κ2) is 6.09. The lowest BCUT2D eigenvalue weighted by molar-refractivity contribution is 0.308. The number of hydrogen-bond donors (Lipinski definition) is 0. The SMILES string of the molecule is N#CC(COc1cccc(Cl)c1)c1ccccc1. The Morgan fingerprint density at radius 1 is 1.11 bits per heavy atom. The van der Waals surface area contributed by atoms with Crippen LogP contribution in [0.1, 0.15) is 11.5 Å². The molecule has 0 amide bonds. The monoisotopic (exact) mass is 257 g/mol. The van der Waals surface area contributed by atoms with E-state index in [0.29, 0.717) is 17.4 Å². The van der Waals surface area contributed by atoms with Gasteiger partial charge in [0, 0.05) is 5.02 Å². The zero-order valence-corrected chi connectivity index (χ0v) is 10.5. The van der Waals surface area contributed by atoms with Crippen LogP contribution in [-0.4, -0.2) is 6.61 Å². The predicted octanol–water partition coefficient (Wildman–Crippen LogP) is 4.03. The number of nitrogens with zero attached hydrogens (tertiary/aromatic N) is 1. The van der Waals surface area contributed by atoms with Gasteiger partial charge in [0.25, 0.3) is 0 Å². The van der Waals surface area contributed by atoms with E-state index in [1.165, 1.54) is 0 Å². The maximum atomic E-state index is 9.16. The third kappa shape index (κ3) is 3.26. The molecule has 0 saturated heterocycles. The molecule has 0 radical (unpaired) electrons. The Labute approximate surface area is 111 Å². The molecule has 0 heterocycles. The summed E-state index contributed by atoms with van der Waals surface area (Å²) in [6.45, 7) is 0.320. The molecule has 18 heavy (non-hydrogen) atoms. The van der Waals surface area contributed by atoms with Gasteiger partial charge in [-0.3, -0.25) is 0 Å². The van der Waals surface area contributed by atoms with E-state index in [-0.39, 0.29) is 5.92 Å².